The Bertz CT molecular complexity index is 703. The van der Waals surface area contributed by atoms with E-state index in [4.69, 9.17) is 9.84 Å². The van der Waals surface area contributed by atoms with Crippen LogP contribution < -0.4 is 4.74 Å². The topological polar surface area (TPSA) is 46.5 Å². The van der Waals surface area contributed by atoms with Gasteiger partial charge in [0.25, 0.3) is 0 Å². The number of benzene rings is 2. The summed E-state index contributed by atoms with van der Waals surface area (Å²) in [5.74, 6) is -0.142. The molecule has 0 saturated heterocycles. The molecule has 0 saturated carbocycles. The van der Waals surface area contributed by atoms with E-state index in [1.165, 1.54) is 5.56 Å². The van der Waals surface area contributed by atoms with Crippen molar-refractivity contribution in [2.24, 2.45) is 0 Å². The number of ether oxygens (including phenoxy) is 1. The Balaban J connectivity index is 1.98. The van der Waals surface area contributed by atoms with Crippen molar-refractivity contribution in [1.29, 1.82) is 0 Å². The molecule has 2 aromatic carbocycles. The van der Waals surface area contributed by atoms with E-state index in [0.29, 0.717) is 11.4 Å². The van der Waals surface area contributed by atoms with Gasteiger partial charge in [-0.1, -0.05) is 64.5 Å². The summed E-state index contributed by atoms with van der Waals surface area (Å²) in [5, 5.41) is 9.03. The summed E-state index contributed by atoms with van der Waals surface area (Å²) in [4.78, 5) is 11.3. The SMILES string of the molecule is CC=C[C@H](CC(=O)O)c1ccc(OCc2ccc(C(C)Br)cc2)cc1. The third-order valence-corrected chi connectivity index (χ3v) is 4.50. The highest BCUT2D eigenvalue weighted by molar-refractivity contribution is 9.09. The summed E-state index contributed by atoms with van der Waals surface area (Å²) < 4.78 is 5.82. The largest absolute Gasteiger partial charge is 0.489 e. The van der Waals surface area contributed by atoms with Gasteiger partial charge in [-0.15, -0.1) is 0 Å². The van der Waals surface area contributed by atoms with Gasteiger partial charge in [-0.25, -0.2) is 0 Å². The lowest BCUT2D eigenvalue weighted by atomic mass is 9.95. The van der Waals surface area contributed by atoms with Crippen molar-refractivity contribution in [3.63, 3.8) is 0 Å². The fourth-order valence-corrected chi connectivity index (χ4v) is 2.88. The molecule has 132 valence electrons. The fraction of sp³-hybridized carbons (Fsp3) is 0.286. The number of rotatable bonds is 8. The van der Waals surface area contributed by atoms with Gasteiger partial charge in [0.1, 0.15) is 12.4 Å². The van der Waals surface area contributed by atoms with Gasteiger partial charge in [0, 0.05) is 10.7 Å². The van der Waals surface area contributed by atoms with Crippen molar-refractivity contribution in [3.8, 4) is 5.75 Å². The van der Waals surface area contributed by atoms with E-state index >= 15 is 0 Å². The molecule has 0 aliphatic heterocycles. The third-order valence-electron chi connectivity index (χ3n) is 3.97. The predicted octanol–water partition coefficient (Wildman–Crippen LogP) is 5.86. The minimum Gasteiger partial charge on any atom is -0.489 e. The van der Waals surface area contributed by atoms with Crippen molar-refractivity contribution in [2.45, 2.75) is 37.6 Å². The van der Waals surface area contributed by atoms with E-state index < -0.39 is 5.97 Å². The molecule has 2 atom stereocenters. The molecular formula is C21H23BrO3. The lowest BCUT2D eigenvalue weighted by molar-refractivity contribution is -0.137. The average molecular weight is 403 g/mol. The fourth-order valence-electron chi connectivity index (χ4n) is 2.57. The molecule has 0 radical (unpaired) electrons. The molecule has 0 aliphatic carbocycles. The Morgan fingerprint density at radius 2 is 1.72 bits per heavy atom. The van der Waals surface area contributed by atoms with Gasteiger partial charge in [0.15, 0.2) is 0 Å². The van der Waals surface area contributed by atoms with Crippen LogP contribution in [-0.4, -0.2) is 11.1 Å². The number of hydrogen-bond acceptors (Lipinski definition) is 2. The van der Waals surface area contributed by atoms with Crippen molar-refractivity contribution in [2.75, 3.05) is 0 Å². The van der Waals surface area contributed by atoms with Gasteiger partial charge in [-0.3, -0.25) is 4.79 Å². The number of allylic oxidation sites excluding steroid dienone is 2. The first kappa shape index (κ1) is 19.3. The Hall–Kier alpha value is -2.07. The van der Waals surface area contributed by atoms with E-state index in [9.17, 15) is 4.79 Å². The van der Waals surface area contributed by atoms with Crippen LogP contribution in [0.1, 0.15) is 47.7 Å². The molecule has 0 aliphatic rings. The van der Waals surface area contributed by atoms with E-state index in [0.717, 1.165) is 16.9 Å². The van der Waals surface area contributed by atoms with Crippen molar-refractivity contribution < 1.29 is 14.6 Å². The molecule has 0 spiro atoms. The Kier molecular flexibility index (Phi) is 7.26. The number of carbonyl (C=O) groups is 1. The minimum atomic E-state index is -0.801. The van der Waals surface area contributed by atoms with Crippen LogP contribution in [0.3, 0.4) is 0 Å². The number of carboxylic acid groups (broad SMARTS) is 1. The van der Waals surface area contributed by atoms with Crippen LogP contribution in [0.15, 0.2) is 60.7 Å². The molecule has 4 heteroatoms. The molecule has 0 amide bonds. The van der Waals surface area contributed by atoms with E-state index in [1.54, 1.807) is 0 Å². The maximum atomic E-state index is 11.0. The summed E-state index contributed by atoms with van der Waals surface area (Å²) in [6, 6.07) is 16.0. The summed E-state index contributed by atoms with van der Waals surface area (Å²) in [6.45, 7) is 4.50. The molecule has 0 bridgehead atoms. The second kappa shape index (κ2) is 9.42. The maximum Gasteiger partial charge on any atom is 0.304 e. The predicted molar refractivity (Wildman–Crippen MR) is 104 cm³/mol. The average Bonchev–Trinajstić information content (AvgIpc) is 2.60. The number of carboxylic acids is 1. The quantitative estimate of drug-likeness (QED) is 0.444. The Morgan fingerprint density at radius 3 is 2.24 bits per heavy atom. The van der Waals surface area contributed by atoms with Gasteiger partial charge in [-0.05, 0) is 42.7 Å². The zero-order valence-corrected chi connectivity index (χ0v) is 16.1. The highest BCUT2D eigenvalue weighted by atomic mass is 79.9. The monoisotopic (exact) mass is 402 g/mol. The second-order valence-corrected chi connectivity index (χ2v) is 7.32. The van der Waals surface area contributed by atoms with E-state index in [2.05, 4.69) is 47.1 Å². The number of hydrogen-bond donors (Lipinski definition) is 1. The lowest BCUT2D eigenvalue weighted by Gasteiger charge is -2.12. The van der Waals surface area contributed by atoms with Crippen molar-refractivity contribution >= 4 is 21.9 Å². The number of halogens is 1. The van der Waals surface area contributed by atoms with Gasteiger partial charge in [0.2, 0.25) is 0 Å². The molecule has 3 nitrogen and oxygen atoms in total. The summed E-state index contributed by atoms with van der Waals surface area (Å²) >= 11 is 3.55. The van der Waals surface area contributed by atoms with E-state index in [-0.39, 0.29) is 12.3 Å². The summed E-state index contributed by atoms with van der Waals surface area (Å²) in [6.07, 6.45) is 3.88. The molecule has 2 rings (SSSR count). The van der Waals surface area contributed by atoms with Gasteiger partial charge in [-0.2, -0.15) is 0 Å². The van der Waals surface area contributed by atoms with Crippen LogP contribution in [0, 0.1) is 0 Å². The Labute approximate surface area is 157 Å². The Morgan fingerprint density at radius 1 is 1.12 bits per heavy atom. The lowest BCUT2D eigenvalue weighted by Crippen LogP contribution is -2.04. The van der Waals surface area contributed by atoms with Gasteiger partial charge < -0.3 is 9.84 Å². The molecule has 25 heavy (non-hydrogen) atoms. The maximum absolute atomic E-state index is 11.0. The van der Waals surface area contributed by atoms with Crippen LogP contribution in [0.2, 0.25) is 0 Å². The molecule has 1 unspecified atom stereocenters. The van der Waals surface area contributed by atoms with Crippen LogP contribution in [-0.2, 0) is 11.4 Å². The molecule has 1 N–H and O–H groups in total. The first-order chi connectivity index (χ1) is 12.0. The molecule has 0 heterocycles. The first-order valence-corrected chi connectivity index (χ1v) is 9.21. The number of alkyl halides is 1. The second-order valence-electron chi connectivity index (χ2n) is 5.95. The van der Waals surface area contributed by atoms with Crippen molar-refractivity contribution in [3.05, 3.63) is 77.4 Å². The smallest absolute Gasteiger partial charge is 0.304 e. The molecule has 2 aromatic rings. The van der Waals surface area contributed by atoms with Gasteiger partial charge in [0.05, 0.1) is 6.42 Å². The zero-order valence-electron chi connectivity index (χ0n) is 14.5. The molecule has 0 aromatic heterocycles. The van der Waals surface area contributed by atoms with Gasteiger partial charge >= 0.3 is 5.97 Å². The molecule has 0 fully saturated rings. The zero-order chi connectivity index (χ0) is 18.2. The first-order valence-electron chi connectivity index (χ1n) is 8.30. The summed E-state index contributed by atoms with van der Waals surface area (Å²) in [7, 11) is 0. The minimum absolute atomic E-state index is 0.0862. The third kappa shape index (κ3) is 6.05. The van der Waals surface area contributed by atoms with Crippen LogP contribution in [0.5, 0.6) is 5.75 Å². The normalized spacial score (nSPS) is 13.6. The number of aliphatic carboxylic acids is 1. The van der Waals surface area contributed by atoms with Crippen molar-refractivity contribution in [1.82, 2.24) is 0 Å². The van der Waals surface area contributed by atoms with Crippen LogP contribution in [0.25, 0.3) is 0 Å². The molecular weight excluding hydrogens is 380 g/mol. The standard InChI is InChI=1S/C21H23BrO3/c1-3-4-19(13-21(23)24)18-9-11-20(12-10-18)25-14-16-5-7-17(8-6-16)15(2)22/h3-12,15,19H,13-14H2,1-2H3,(H,23,24)/t15?,19-/m1/s1. The summed E-state index contributed by atoms with van der Waals surface area (Å²) in [5.41, 5.74) is 3.32. The van der Waals surface area contributed by atoms with Crippen LogP contribution in [0.4, 0.5) is 0 Å². The van der Waals surface area contributed by atoms with Crippen LogP contribution >= 0.6 is 15.9 Å². The van der Waals surface area contributed by atoms with E-state index in [1.807, 2.05) is 43.3 Å². The highest BCUT2D eigenvalue weighted by Crippen LogP contribution is 2.25. The highest BCUT2D eigenvalue weighted by Gasteiger charge is 2.12.